The maximum absolute atomic E-state index is 10.8. The van der Waals surface area contributed by atoms with Crippen molar-refractivity contribution in [3.63, 3.8) is 0 Å². The van der Waals surface area contributed by atoms with E-state index in [2.05, 4.69) is 11.7 Å². The minimum absolute atomic E-state index is 0. The summed E-state index contributed by atoms with van der Waals surface area (Å²) in [7, 11) is -4.25. The molecule has 0 heterocycles. The van der Waals surface area contributed by atoms with Crippen LogP contribution in [-0.2, 0) is 19.6 Å². The van der Waals surface area contributed by atoms with Gasteiger partial charge < -0.3 is 4.74 Å². The average molecular weight is 275 g/mol. The SMILES string of the molecule is CCCCCCCCOC(=O)CS(=O)(=O)O.[Na]. The second kappa shape index (κ2) is 11.5. The number of carbonyl (C=O) groups excluding carboxylic acids is 1. The summed E-state index contributed by atoms with van der Waals surface area (Å²) < 4.78 is 33.6. The summed E-state index contributed by atoms with van der Waals surface area (Å²) in [4.78, 5) is 10.8. The van der Waals surface area contributed by atoms with Gasteiger partial charge in [-0.25, -0.2) is 0 Å². The van der Waals surface area contributed by atoms with E-state index in [4.69, 9.17) is 4.55 Å². The summed E-state index contributed by atoms with van der Waals surface area (Å²) in [6.45, 7) is 2.36. The molecule has 0 atom stereocenters. The molecule has 0 unspecified atom stereocenters. The third kappa shape index (κ3) is 16.4. The summed E-state index contributed by atoms with van der Waals surface area (Å²) in [5.41, 5.74) is 0. The van der Waals surface area contributed by atoms with Crippen LogP contribution >= 0.6 is 0 Å². The Bertz CT molecular complexity index is 289. The molecule has 17 heavy (non-hydrogen) atoms. The topological polar surface area (TPSA) is 80.7 Å². The molecule has 0 aliphatic heterocycles. The van der Waals surface area contributed by atoms with Gasteiger partial charge in [0.25, 0.3) is 10.1 Å². The van der Waals surface area contributed by atoms with E-state index in [1.165, 1.54) is 19.3 Å². The molecular formula is C10H20NaO5S. The first-order valence-electron chi connectivity index (χ1n) is 5.56. The molecule has 0 aliphatic rings. The zero-order valence-corrected chi connectivity index (χ0v) is 13.5. The zero-order valence-electron chi connectivity index (χ0n) is 10.6. The van der Waals surface area contributed by atoms with Gasteiger partial charge in [-0.15, -0.1) is 0 Å². The minimum atomic E-state index is -4.25. The molecule has 0 aromatic rings. The van der Waals surface area contributed by atoms with E-state index in [0.29, 0.717) is 0 Å². The quantitative estimate of drug-likeness (QED) is 0.298. The molecule has 1 N–H and O–H groups in total. The van der Waals surface area contributed by atoms with Gasteiger partial charge in [0.05, 0.1) is 6.61 Å². The van der Waals surface area contributed by atoms with Gasteiger partial charge in [0.15, 0.2) is 5.75 Å². The Morgan fingerprint density at radius 3 is 2.18 bits per heavy atom. The van der Waals surface area contributed by atoms with Crippen LogP contribution in [0.5, 0.6) is 0 Å². The number of hydrogen-bond donors (Lipinski definition) is 1. The number of carbonyl (C=O) groups is 1. The van der Waals surface area contributed by atoms with E-state index in [-0.39, 0.29) is 36.2 Å². The molecule has 0 fully saturated rings. The molecule has 1 radical (unpaired) electrons. The van der Waals surface area contributed by atoms with Crippen molar-refractivity contribution in [2.75, 3.05) is 12.4 Å². The normalized spacial score (nSPS) is 10.7. The van der Waals surface area contributed by atoms with E-state index >= 15 is 0 Å². The molecule has 0 aromatic carbocycles. The summed E-state index contributed by atoms with van der Waals surface area (Å²) in [6, 6.07) is 0. The van der Waals surface area contributed by atoms with Crippen LogP contribution in [0.3, 0.4) is 0 Å². The fraction of sp³-hybridized carbons (Fsp3) is 0.900. The van der Waals surface area contributed by atoms with Crippen LogP contribution in [0.4, 0.5) is 0 Å². The third-order valence-corrected chi connectivity index (χ3v) is 2.66. The maximum Gasteiger partial charge on any atom is 0.323 e. The Balaban J connectivity index is 0. The monoisotopic (exact) mass is 275 g/mol. The molecule has 97 valence electrons. The van der Waals surface area contributed by atoms with Gasteiger partial charge >= 0.3 is 5.97 Å². The van der Waals surface area contributed by atoms with Crippen molar-refractivity contribution in [2.24, 2.45) is 0 Å². The molecule has 0 aromatic heterocycles. The fourth-order valence-corrected chi connectivity index (χ4v) is 1.64. The first-order valence-corrected chi connectivity index (χ1v) is 7.17. The Labute approximate surface area is 125 Å². The Morgan fingerprint density at radius 1 is 1.12 bits per heavy atom. The number of rotatable bonds is 9. The molecular weight excluding hydrogens is 255 g/mol. The van der Waals surface area contributed by atoms with Gasteiger partial charge in [-0.2, -0.15) is 8.42 Å². The zero-order chi connectivity index (χ0) is 12.4. The standard InChI is InChI=1S/C10H20O5S.Na/c1-2-3-4-5-6-7-8-15-10(11)9-16(12,13)14;/h2-9H2,1H3,(H,12,13,14);. The van der Waals surface area contributed by atoms with Crippen LogP contribution in [0.15, 0.2) is 0 Å². The molecule has 5 nitrogen and oxygen atoms in total. The van der Waals surface area contributed by atoms with Crippen LogP contribution in [0.2, 0.25) is 0 Å². The van der Waals surface area contributed by atoms with Gasteiger partial charge in [0, 0.05) is 29.6 Å². The number of esters is 1. The molecule has 7 heteroatoms. The van der Waals surface area contributed by atoms with Crippen molar-refractivity contribution >= 4 is 45.6 Å². The van der Waals surface area contributed by atoms with Crippen molar-refractivity contribution in [2.45, 2.75) is 45.4 Å². The smallest absolute Gasteiger partial charge is 0.323 e. The average Bonchev–Trinajstić information content (AvgIpc) is 2.13. The van der Waals surface area contributed by atoms with Crippen molar-refractivity contribution < 1.29 is 22.5 Å². The molecule has 0 saturated heterocycles. The van der Waals surface area contributed by atoms with Gasteiger partial charge in [-0.1, -0.05) is 39.0 Å². The van der Waals surface area contributed by atoms with E-state index in [1.807, 2.05) is 0 Å². The summed E-state index contributed by atoms with van der Waals surface area (Å²) >= 11 is 0. The first kappa shape index (κ1) is 19.7. The first-order chi connectivity index (χ1) is 7.45. The van der Waals surface area contributed by atoms with Gasteiger partial charge in [0.1, 0.15) is 0 Å². The fourth-order valence-electron chi connectivity index (χ4n) is 1.26. The van der Waals surface area contributed by atoms with Gasteiger partial charge in [0.2, 0.25) is 0 Å². The molecule has 0 rings (SSSR count). The summed E-state index contributed by atoms with van der Waals surface area (Å²) in [5.74, 6) is -1.85. The predicted octanol–water partition coefficient (Wildman–Crippen LogP) is 1.40. The van der Waals surface area contributed by atoms with Crippen molar-refractivity contribution in [3.8, 4) is 0 Å². The van der Waals surface area contributed by atoms with Crippen LogP contribution in [0.1, 0.15) is 45.4 Å². The molecule has 0 spiro atoms. The van der Waals surface area contributed by atoms with Crippen LogP contribution in [0, 0.1) is 0 Å². The largest absolute Gasteiger partial charge is 0.465 e. The van der Waals surface area contributed by atoms with E-state index in [0.717, 1.165) is 19.3 Å². The second-order valence-corrected chi connectivity index (χ2v) is 5.17. The molecule has 0 saturated carbocycles. The van der Waals surface area contributed by atoms with Crippen LogP contribution in [-0.4, -0.2) is 60.9 Å². The maximum atomic E-state index is 10.8. The van der Waals surface area contributed by atoms with Crippen molar-refractivity contribution in [1.29, 1.82) is 0 Å². The van der Waals surface area contributed by atoms with Crippen molar-refractivity contribution in [3.05, 3.63) is 0 Å². The van der Waals surface area contributed by atoms with Crippen LogP contribution < -0.4 is 0 Å². The van der Waals surface area contributed by atoms with E-state index < -0.39 is 21.8 Å². The Hall–Kier alpha value is 0.380. The molecule has 0 bridgehead atoms. The number of unbranched alkanes of at least 4 members (excludes halogenated alkanes) is 5. The van der Waals surface area contributed by atoms with Crippen molar-refractivity contribution in [1.82, 2.24) is 0 Å². The van der Waals surface area contributed by atoms with E-state index in [9.17, 15) is 13.2 Å². The predicted molar refractivity (Wildman–Crippen MR) is 66.5 cm³/mol. The number of hydrogen-bond acceptors (Lipinski definition) is 4. The minimum Gasteiger partial charge on any atom is -0.465 e. The Kier molecular flexibility index (Phi) is 13.3. The second-order valence-electron chi connectivity index (χ2n) is 3.71. The molecule has 0 amide bonds. The molecule has 0 aliphatic carbocycles. The number of ether oxygens (including phenoxy) is 1. The van der Waals surface area contributed by atoms with Gasteiger partial charge in [-0.3, -0.25) is 9.35 Å². The van der Waals surface area contributed by atoms with Crippen LogP contribution in [0.25, 0.3) is 0 Å². The summed E-state index contributed by atoms with van der Waals surface area (Å²) in [6.07, 6.45) is 6.38. The third-order valence-electron chi connectivity index (χ3n) is 2.06. The summed E-state index contributed by atoms with van der Waals surface area (Å²) in [5, 5.41) is 0. The Morgan fingerprint density at radius 2 is 1.65 bits per heavy atom. The van der Waals surface area contributed by atoms with E-state index in [1.54, 1.807) is 0 Å². The van der Waals surface area contributed by atoms with Gasteiger partial charge in [-0.05, 0) is 6.42 Å².